The Morgan fingerprint density at radius 1 is 1.53 bits per heavy atom. The number of hydrogen-bond donors (Lipinski definition) is 2. The van der Waals surface area contributed by atoms with E-state index in [1.807, 2.05) is 0 Å². The van der Waals surface area contributed by atoms with Gasteiger partial charge in [-0.2, -0.15) is 0 Å². The lowest BCUT2D eigenvalue weighted by Gasteiger charge is -2.10. The molecule has 1 aromatic rings. The standard InChI is InChI=1S/C11H15BrFNO4S/c1-18-7-8(15)4-5-14-19(16,17)9-2-3-10(12)11(13)6-9/h2-3,6,8,14-15H,4-5,7H2,1H3. The predicted octanol–water partition coefficient (Wildman–Crippen LogP) is 1.26. The fourth-order valence-electron chi connectivity index (χ4n) is 1.36. The summed E-state index contributed by atoms with van der Waals surface area (Å²) >= 11 is 2.95. The Labute approximate surface area is 120 Å². The highest BCUT2D eigenvalue weighted by Crippen LogP contribution is 2.19. The summed E-state index contributed by atoms with van der Waals surface area (Å²) in [5.41, 5.74) is 0. The third kappa shape index (κ3) is 5.15. The molecule has 0 heterocycles. The van der Waals surface area contributed by atoms with E-state index in [9.17, 15) is 17.9 Å². The van der Waals surface area contributed by atoms with Crippen molar-refractivity contribution < 1.29 is 22.7 Å². The van der Waals surface area contributed by atoms with Crippen LogP contribution in [0.15, 0.2) is 27.6 Å². The second kappa shape index (κ2) is 7.30. The molecule has 0 saturated heterocycles. The normalized spacial score (nSPS) is 13.5. The molecule has 0 radical (unpaired) electrons. The van der Waals surface area contributed by atoms with Crippen LogP contribution in [-0.4, -0.2) is 39.9 Å². The van der Waals surface area contributed by atoms with Gasteiger partial charge < -0.3 is 9.84 Å². The van der Waals surface area contributed by atoms with Gasteiger partial charge >= 0.3 is 0 Å². The van der Waals surface area contributed by atoms with Gasteiger partial charge in [0, 0.05) is 13.7 Å². The maximum absolute atomic E-state index is 13.3. The number of hydrogen-bond acceptors (Lipinski definition) is 4. The van der Waals surface area contributed by atoms with Gasteiger partial charge in [-0.15, -0.1) is 0 Å². The number of rotatable bonds is 7. The van der Waals surface area contributed by atoms with E-state index in [1.165, 1.54) is 19.2 Å². The summed E-state index contributed by atoms with van der Waals surface area (Å²) in [6.07, 6.45) is -0.527. The summed E-state index contributed by atoms with van der Waals surface area (Å²) in [5, 5.41) is 9.37. The van der Waals surface area contributed by atoms with Gasteiger partial charge in [-0.05, 0) is 40.5 Å². The zero-order valence-electron chi connectivity index (χ0n) is 10.3. The van der Waals surface area contributed by atoms with Crippen LogP contribution < -0.4 is 4.72 Å². The molecule has 19 heavy (non-hydrogen) atoms. The van der Waals surface area contributed by atoms with Crippen LogP contribution in [-0.2, 0) is 14.8 Å². The lowest BCUT2D eigenvalue weighted by atomic mass is 10.3. The van der Waals surface area contributed by atoms with Gasteiger partial charge in [0.1, 0.15) is 5.82 Å². The molecule has 0 aliphatic carbocycles. The van der Waals surface area contributed by atoms with Crippen LogP contribution in [0.4, 0.5) is 4.39 Å². The van der Waals surface area contributed by atoms with E-state index < -0.39 is 21.9 Å². The molecular weight excluding hydrogens is 341 g/mol. The molecule has 0 aliphatic rings. The highest BCUT2D eigenvalue weighted by atomic mass is 79.9. The van der Waals surface area contributed by atoms with E-state index in [0.717, 1.165) is 6.07 Å². The summed E-state index contributed by atoms with van der Waals surface area (Å²) in [6, 6.07) is 3.54. The second-order valence-corrected chi connectivity index (χ2v) is 6.49. The van der Waals surface area contributed by atoms with Crippen LogP contribution in [0.3, 0.4) is 0 Å². The molecule has 1 atom stereocenters. The third-order valence-corrected chi connectivity index (χ3v) is 4.43. The van der Waals surface area contributed by atoms with Gasteiger partial charge in [-0.1, -0.05) is 0 Å². The number of ether oxygens (including phenoxy) is 1. The Morgan fingerprint density at radius 3 is 2.79 bits per heavy atom. The number of halogens is 2. The summed E-state index contributed by atoms with van der Waals surface area (Å²) in [7, 11) is -2.33. The monoisotopic (exact) mass is 355 g/mol. The van der Waals surface area contributed by atoms with Crippen molar-refractivity contribution in [2.24, 2.45) is 0 Å². The molecule has 2 N–H and O–H groups in total. The fraction of sp³-hybridized carbons (Fsp3) is 0.455. The maximum Gasteiger partial charge on any atom is 0.240 e. The first-order valence-electron chi connectivity index (χ1n) is 5.48. The van der Waals surface area contributed by atoms with Crippen molar-refractivity contribution in [1.29, 1.82) is 0 Å². The number of methoxy groups -OCH3 is 1. The molecule has 5 nitrogen and oxygen atoms in total. The summed E-state index contributed by atoms with van der Waals surface area (Å²) in [6.45, 7) is 0.180. The zero-order chi connectivity index (χ0) is 14.5. The molecule has 0 spiro atoms. The van der Waals surface area contributed by atoms with Crippen molar-refractivity contribution in [3.63, 3.8) is 0 Å². The Morgan fingerprint density at radius 2 is 2.21 bits per heavy atom. The number of aliphatic hydroxyl groups excluding tert-OH is 1. The number of nitrogens with one attached hydrogen (secondary N) is 1. The molecule has 1 aromatic carbocycles. The molecule has 8 heteroatoms. The average Bonchev–Trinajstić information content (AvgIpc) is 2.32. The highest BCUT2D eigenvalue weighted by Gasteiger charge is 2.16. The summed E-state index contributed by atoms with van der Waals surface area (Å²) < 4.78 is 44.1. The first-order valence-corrected chi connectivity index (χ1v) is 7.76. The molecule has 1 rings (SSSR count). The number of sulfonamides is 1. The van der Waals surface area contributed by atoms with Crippen LogP contribution >= 0.6 is 15.9 Å². The van der Waals surface area contributed by atoms with Gasteiger partial charge in [0.2, 0.25) is 10.0 Å². The Bertz CT molecular complexity index is 523. The minimum atomic E-state index is -3.77. The lowest BCUT2D eigenvalue weighted by Crippen LogP contribution is -2.28. The van der Waals surface area contributed by atoms with E-state index in [-0.39, 0.29) is 28.9 Å². The molecular formula is C11H15BrFNO4S. The fourth-order valence-corrected chi connectivity index (χ4v) is 2.67. The van der Waals surface area contributed by atoms with Gasteiger partial charge in [-0.3, -0.25) is 0 Å². The molecule has 0 saturated carbocycles. The smallest absolute Gasteiger partial charge is 0.240 e. The van der Waals surface area contributed by atoms with Crippen LogP contribution in [0.5, 0.6) is 0 Å². The first-order chi connectivity index (χ1) is 8.86. The zero-order valence-corrected chi connectivity index (χ0v) is 12.7. The Hall–Kier alpha value is -0.540. The number of benzene rings is 1. The predicted molar refractivity (Wildman–Crippen MR) is 71.8 cm³/mol. The molecule has 0 fully saturated rings. The van der Waals surface area contributed by atoms with Crippen LogP contribution in [0.1, 0.15) is 6.42 Å². The third-order valence-electron chi connectivity index (χ3n) is 2.33. The van der Waals surface area contributed by atoms with Gasteiger partial charge in [0.15, 0.2) is 0 Å². The van der Waals surface area contributed by atoms with Crippen molar-refractivity contribution in [2.45, 2.75) is 17.4 Å². The Kier molecular flexibility index (Phi) is 6.34. The van der Waals surface area contributed by atoms with Crippen molar-refractivity contribution >= 4 is 26.0 Å². The van der Waals surface area contributed by atoms with Crippen molar-refractivity contribution in [2.75, 3.05) is 20.3 Å². The van der Waals surface area contributed by atoms with Crippen molar-refractivity contribution in [1.82, 2.24) is 4.72 Å². The molecule has 0 bridgehead atoms. The van der Waals surface area contributed by atoms with E-state index in [4.69, 9.17) is 4.74 Å². The van der Waals surface area contributed by atoms with Crippen LogP contribution in [0.25, 0.3) is 0 Å². The van der Waals surface area contributed by atoms with E-state index in [0.29, 0.717) is 0 Å². The second-order valence-electron chi connectivity index (χ2n) is 3.87. The highest BCUT2D eigenvalue weighted by molar-refractivity contribution is 9.10. The van der Waals surface area contributed by atoms with E-state index >= 15 is 0 Å². The van der Waals surface area contributed by atoms with E-state index in [2.05, 4.69) is 20.7 Å². The SMILES string of the molecule is COCC(O)CCNS(=O)(=O)c1ccc(Br)c(F)c1. The van der Waals surface area contributed by atoms with Gasteiger partial charge in [-0.25, -0.2) is 17.5 Å². The lowest BCUT2D eigenvalue weighted by molar-refractivity contribution is 0.0603. The van der Waals surface area contributed by atoms with Gasteiger partial charge in [0.05, 0.1) is 22.1 Å². The summed E-state index contributed by atoms with van der Waals surface area (Å²) in [4.78, 5) is -0.158. The maximum atomic E-state index is 13.3. The molecule has 0 aliphatic heterocycles. The average molecular weight is 356 g/mol. The van der Waals surface area contributed by atoms with Crippen molar-refractivity contribution in [3.8, 4) is 0 Å². The largest absolute Gasteiger partial charge is 0.391 e. The van der Waals surface area contributed by atoms with Crippen molar-refractivity contribution in [3.05, 3.63) is 28.5 Å². The minimum absolute atomic E-state index is 0.0462. The topological polar surface area (TPSA) is 75.6 Å². The summed E-state index contributed by atoms with van der Waals surface area (Å²) in [5.74, 6) is -0.651. The number of aliphatic hydroxyl groups is 1. The Balaban J connectivity index is 2.63. The molecule has 0 aromatic heterocycles. The van der Waals surface area contributed by atoms with Crippen LogP contribution in [0, 0.1) is 5.82 Å². The van der Waals surface area contributed by atoms with Gasteiger partial charge in [0.25, 0.3) is 0 Å². The minimum Gasteiger partial charge on any atom is -0.391 e. The first kappa shape index (κ1) is 16.5. The van der Waals surface area contributed by atoms with Crippen LogP contribution in [0.2, 0.25) is 0 Å². The molecule has 0 amide bonds. The molecule has 108 valence electrons. The van der Waals surface area contributed by atoms with E-state index in [1.54, 1.807) is 0 Å². The quantitative estimate of drug-likeness (QED) is 0.772. The molecule has 1 unspecified atom stereocenters.